The Hall–Kier alpha value is -2.28. The third-order valence-electron chi connectivity index (χ3n) is 4.48. The molecule has 3 rings (SSSR count). The lowest BCUT2D eigenvalue weighted by molar-refractivity contribution is 0.482. The number of halogens is 1. The highest BCUT2D eigenvalue weighted by molar-refractivity contribution is 7.89. The van der Waals surface area contributed by atoms with Crippen molar-refractivity contribution >= 4 is 35.6 Å². The zero-order chi connectivity index (χ0) is 25.0. The van der Waals surface area contributed by atoms with Crippen LogP contribution in [0, 0.1) is 13.8 Å². The van der Waals surface area contributed by atoms with Gasteiger partial charge in [0.1, 0.15) is 17.2 Å². The summed E-state index contributed by atoms with van der Waals surface area (Å²) in [4.78, 5) is -0.0401. The van der Waals surface area contributed by atoms with E-state index in [-0.39, 0.29) is 4.90 Å². The monoisotopic (exact) mass is 541 g/mol. The molecule has 182 valence electrons. The van der Waals surface area contributed by atoms with Crippen LogP contribution in [0.4, 0.5) is 0 Å². The van der Waals surface area contributed by atoms with E-state index in [4.69, 9.17) is 30.0 Å². The van der Waals surface area contributed by atoms with Gasteiger partial charge in [-0.3, -0.25) is 0 Å². The minimum atomic E-state index is -3.84. The topological polar surface area (TPSA) is 113 Å². The van der Waals surface area contributed by atoms with Gasteiger partial charge in [0.15, 0.2) is 0 Å². The van der Waals surface area contributed by atoms with E-state index in [2.05, 4.69) is 9.26 Å². The fraction of sp³-hybridized carbons (Fsp3) is 0.182. The van der Waals surface area contributed by atoms with Crippen molar-refractivity contribution in [3.8, 4) is 17.2 Å². The molecule has 34 heavy (non-hydrogen) atoms. The number of primary sulfonamides is 1. The van der Waals surface area contributed by atoms with Crippen molar-refractivity contribution in [2.24, 2.45) is 14.4 Å². The van der Waals surface area contributed by atoms with Crippen LogP contribution in [-0.4, -0.2) is 22.1 Å². The van der Waals surface area contributed by atoms with E-state index in [1.165, 1.54) is 31.3 Å². The summed E-state index contributed by atoms with van der Waals surface area (Å²) in [6, 6.07) is 20.4. The number of aryl methyl sites for hydroxylation is 2. The van der Waals surface area contributed by atoms with E-state index < -0.39 is 24.3 Å². The van der Waals surface area contributed by atoms with Gasteiger partial charge in [-0.15, -0.1) is 4.52 Å². The van der Waals surface area contributed by atoms with Crippen molar-refractivity contribution in [3.63, 3.8) is 0 Å². The third kappa shape index (κ3) is 7.36. The first-order chi connectivity index (χ1) is 15.9. The van der Waals surface area contributed by atoms with Gasteiger partial charge in [-0.2, -0.15) is 0 Å². The van der Waals surface area contributed by atoms with Gasteiger partial charge in [0, 0.05) is 13.7 Å². The molecule has 3 aromatic carbocycles. The van der Waals surface area contributed by atoms with E-state index in [0.29, 0.717) is 17.2 Å². The van der Waals surface area contributed by atoms with Crippen LogP contribution in [0.3, 0.4) is 0 Å². The average molecular weight is 542 g/mol. The molecule has 0 radical (unpaired) electrons. The van der Waals surface area contributed by atoms with Gasteiger partial charge in [0.25, 0.3) is 0 Å². The summed E-state index contributed by atoms with van der Waals surface area (Å²) in [5, 5.41) is 5.19. The summed E-state index contributed by atoms with van der Waals surface area (Å²) in [6.45, 7) is 2.39. The smallest absolute Gasteiger partial charge is 0.345 e. The van der Waals surface area contributed by atoms with Crippen molar-refractivity contribution in [1.82, 2.24) is 0 Å². The lowest BCUT2D eigenvalue weighted by Gasteiger charge is -2.24. The number of benzene rings is 3. The van der Waals surface area contributed by atoms with Crippen LogP contribution in [0.25, 0.3) is 0 Å². The highest BCUT2D eigenvalue weighted by Crippen LogP contribution is 2.66. The molecule has 0 aliphatic heterocycles. The maximum Gasteiger partial charge on any atom is 0.345 e. The Morgan fingerprint density at radius 1 is 0.765 bits per heavy atom. The molecule has 0 fully saturated rings. The molecule has 0 saturated carbocycles. The Labute approximate surface area is 205 Å². The molecule has 0 spiro atoms. The summed E-state index contributed by atoms with van der Waals surface area (Å²) < 4.78 is 50.4. The van der Waals surface area contributed by atoms with Crippen molar-refractivity contribution in [1.29, 1.82) is 0 Å². The fourth-order valence-electron chi connectivity index (χ4n) is 2.77. The normalized spacial score (nSPS) is 14.9. The van der Waals surface area contributed by atoms with Gasteiger partial charge in [-0.1, -0.05) is 35.4 Å². The molecular formula is C22H26ClN3O5P2S. The Balaban J connectivity index is 2.02. The Morgan fingerprint density at radius 2 is 1.15 bits per heavy atom. The first kappa shape index (κ1) is 26.3. The van der Waals surface area contributed by atoms with Gasteiger partial charge < -0.3 is 13.6 Å². The second-order valence-electron chi connectivity index (χ2n) is 7.48. The van der Waals surface area contributed by atoms with E-state index in [1.54, 1.807) is 30.9 Å². The Bertz CT molecular complexity index is 1360. The summed E-state index contributed by atoms with van der Waals surface area (Å²) in [7, 11) is -5.44. The average Bonchev–Trinajstić information content (AvgIpc) is 2.76. The molecule has 0 aliphatic rings. The molecule has 0 aromatic heterocycles. The second kappa shape index (κ2) is 10.5. The van der Waals surface area contributed by atoms with Crippen molar-refractivity contribution in [2.45, 2.75) is 18.7 Å². The number of hydrogen-bond acceptors (Lipinski definition) is 6. The van der Waals surface area contributed by atoms with E-state index in [1.807, 2.05) is 38.1 Å². The molecule has 0 amide bonds. The van der Waals surface area contributed by atoms with E-state index in [0.717, 1.165) is 11.1 Å². The van der Waals surface area contributed by atoms with Crippen LogP contribution in [0.2, 0.25) is 0 Å². The molecule has 0 aliphatic carbocycles. The second-order valence-corrected chi connectivity index (χ2v) is 14.6. The maximum absolute atomic E-state index is 11.6. The van der Waals surface area contributed by atoms with Crippen LogP contribution < -0.4 is 18.7 Å². The molecular weight excluding hydrogens is 516 g/mol. The predicted molar refractivity (Wildman–Crippen MR) is 138 cm³/mol. The zero-order valence-corrected chi connectivity index (χ0v) is 22.5. The largest absolute Gasteiger partial charge is 0.431 e. The number of sulfonamides is 1. The highest BCUT2D eigenvalue weighted by Gasteiger charge is 2.28. The molecule has 8 nitrogen and oxygen atoms in total. The first-order valence-electron chi connectivity index (χ1n) is 10.1. The molecule has 2 atom stereocenters. The molecule has 0 bridgehead atoms. The predicted octanol–water partition coefficient (Wildman–Crippen LogP) is 6.96. The summed E-state index contributed by atoms with van der Waals surface area (Å²) in [5.74, 6) is 1.37. The Morgan fingerprint density at radius 3 is 1.53 bits per heavy atom. The highest BCUT2D eigenvalue weighted by atomic mass is 35.7. The molecule has 12 heteroatoms. The standard InChI is InChI=1S/C22H26ClN3O5P2S/c1-17-5-9-19(10-6-17)29-32(4,30-20-13-15-22(16-14-20)34(24,27)28)26-33(23,25-3)31-21-11-7-18(2)8-12-21/h5-16H,1-4H3,(H2,24,27,28). The van der Waals surface area contributed by atoms with Crippen molar-refractivity contribution < 1.29 is 22.0 Å². The van der Waals surface area contributed by atoms with Gasteiger partial charge >= 0.3 is 14.3 Å². The summed E-state index contributed by atoms with van der Waals surface area (Å²) >= 11 is 6.75. The van der Waals surface area contributed by atoms with Gasteiger partial charge in [-0.05, 0) is 73.6 Å². The lowest BCUT2D eigenvalue weighted by atomic mass is 10.2. The SMILES string of the molecule is CN=P(Cl)(N=P(C)(Oc1ccc(C)cc1)Oc1ccc(S(N)(=O)=O)cc1)Oc1ccc(C)cc1. The van der Waals surface area contributed by atoms with Crippen LogP contribution in [0.5, 0.6) is 17.2 Å². The van der Waals surface area contributed by atoms with Crippen LogP contribution in [0.15, 0.2) is 87.0 Å². The van der Waals surface area contributed by atoms with Gasteiger partial charge in [-0.25, -0.2) is 18.3 Å². The molecule has 2 N–H and O–H groups in total. The minimum Gasteiger partial charge on any atom is -0.431 e. The number of hydrogen-bond donors (Lipinski definition) is 1. The number of nitrogens with two attached hydrogens (primary N) is 1. The first-order valence-corrected chi connectivity index (χ1v) is 16.1. The van der Waals surface area contributed by atoms with Crippen LogP contribution in [0.1, 0.15) is 11.1 Å². The van der Waals surface area contributed by atoms with E-state index >= 15 is 0 Å². The third-order valence-corrected chi connectivity index (χ3v) is 10.9. The number of rotatable bonds is 8. The quantitative estimate of drug-likeness (QED) is 0.310. The lowest BCUT2D eigenvalue weighted by Crippen LogP contribution is -2.11. The Kier molecular flexibility index (Phi) is 8.17. The van der Waals surface area contributed by atoms with Crippen LogP contribution in [-0.2, 0) is 10.0 Å². The molecule has 3 aromatic rings. The zero-order valence-electron chi connectivity index (χ0n) is 19.1. The summed E-state index contributed by atoms with van der Waals surface area (Å²) in [5.41, 5.74) is 2.14. The van der Waals surface area contributed by atoms with Crippen molar-refractivity contribution in [2.75, 3.05) is 13.7 Å². The molecule has 0 heterocycles. The molecule has 2 unspecified atom stereocenters. The minimum absolute atomic E-state index is 0.0401. The number of nitrogens with zero attached hydrogens (tertiary/aromatic N) is 2. The molecule has 0 saturated heterocycles. The fourth-order valence-corrected chi connectivity index (χ4v) is 8.52. The van der Waals surface area contributed by atoms with Gasteiger partial charge in [0.2, 0.25) is 10.0 Å². The van der Waals surface area contributed by atoms with Gasteiger partial charge in [0.05, 0.1) is 4.90 Å². The van der Waals surface area contributed by atoms with Crippen molar-refractivity contribution in [3.05, 3.63) is 83.9 Å². The summed E-state index contributed by atoms with van der Waals surface area (Å²) in [6.07, 6.45) is 0. The van der Waals surface area contributed by atoms with Crippen LogP contribution >= 0.6 is 25.5 Å². The maximum atomic E-state index is 11.6. The van der Waals surface area contributed by atoms with E-state index in [9.17, 15) is 8.42 Å².